The Bertz CT molecular complexity index is 3290. The van der Waals surface area contributed by atoms with Crippen molar-refractivity contribution in [1.29, 1.82) is 0 Å². The van der Waals surface area contributed by atoms with E-state index in [2.05, 4.69) is 229 Å². The second kappa shape index (κ2) is 14.4. The monoisotopic (exact) mass is 755 g/mol. The summed E-state index contributed by atoms with van der Waals surface area (Å²) in [6.07, 6.45) is 0. The summed E-state index contributed by atoms with van der Waals surface area (Å²) in [6.45, 7) is 0. The first-order valence-corrected chi connectivity index (χ1v) is 20.7. The molecule has 0 bridgehead atoms. The quantitative estimate of drug-likeness (QED) is 0.146. The van der Waals surface area contributed by atoms with Crippen LogP contribution in [-0.4, -0.2) is 0 Å². The maximum Gasteiger partial charge on any atom is 0.0540 e. The van der Waals surface area contributed by atoms with E-state index in [1.54, 1.807) is 0 Å². The third-order valence-corrected chi connectivity index (χ3v) is 12.6. The minimum absolute atomic E-state index is 1.10. The molecule has 0 amide bonds. The Morgan fingerprint density at radius 2 is 0.828 bits per heavy atom. The molecule has 0 aliphatic heterocycles. The Balaban J connectivity index is 1.08. The number of para-hydroxylation sites is 1. The van der Waals surface area contributed by atoms with Gasteiger partial charge in [-0.25, -0.2) is 0 Å². The highest BCUT2D eigenvalue weighted by molar-refractivity contribution is 7.25. The van der Waals surface area contributed by atoms with E-state index < -0.39 is 0 Å². The molecule has 0 fully saturated rings. The summed E-state index contributed by atoms with van der Waals surface area (Å²) in [7, 11) is 0. The van der Waals surface area contributed by atoms with Crippen molar-refractivity contribution in [3.63, 3.8) is 0 Å². The Morgan fingerprint density at radius 1 is 0.276 bits per heavy atom. The standard InChI is InChI=1S/C56H37NS/c1-2-14-39(15-3-1)46-18-6-7-19-48(46)49-20-8-9-21-50(49)51-22-10-12-24-54(51)57(44-33-34-47-42(36-44)27-26-40-16-4-5-17-45(40)47)43-31-28-38(29-32-43)41-30-35-56-53(37-41)52-23-11-13-25-55(52)58-56/h1-37H. The van der Waals surface area contributed by atoms with Crippen LogP contribution in [0.2, 0.25) is 0 Å². The number of hydrogen-bond donors (Lipinski definition) is 0. The van der Waals surface area contributed by atoms with E-state index in [4.69, 9.17) is 0 Å². The molecule has 0 saturated heterocycles. The van der Waals surface area contributed by atoms with Gasteiger partial charge in [-0.1, -0.05) is 176 Å². The van der Waals surface area contributed by atoms with Crippen LogP contribution in [0.4, 0.5) is 17.1 Å². The van der Waals surface area contributed by atoms with Crippen molar-refractivity contribution in [3.05, 3.63) is 224 Å². The summed E-state index contributed by atoms with van der Waals surface area (Å²) in [5.74, 6) is 0. The SMILES string of the molecule is c1ccc(-c2ccccc2-c2ccccc2-c2ccccc2N(c2ccc(-c3ccc4sc5ccccc5c4c3)cc2)c2ccc3c(ccc4ccccc43)c2)cc1. The minimum atomic E-state index is 1.10. The molecule has 10 aromatic carbocycles. The van der Waals surface area contributed by atoms with E-state index in [0.717, 1.165) is 17.1 Å². The molecule has 11 aromatic rings. The fourth-order valence-electron chi connectivity index (χ4n) is 8.71. The van der Waals surface area contributed by atoms with Crippen LogP contribution in [0.25, 0.3) is 86.2 Å². The number of thiophene rings is 1. The minimum Gasteiger partial charge on any atom is -0.310 e. The van der Waals surface area contributed by atoms with Crippen molar-refractivity contribution in [2.24, 2.45) is 0 Å². The Kier molecular flexibility index (Phi) is 8.42. The molecular weight excluding hydrogens is 719 g/mol. The number of benzene rings is 10. The van der Waals surface area contributed by atoms with Gasteiger partial charge in [-0.15, -0.1) is 11.3 Å². The van der Waals surface area contributed by atoms with Crippen molar-refractivity contribution >= 4 is 70.1 Å². The van der Waals surface area contributed by atoms with E-state index >= 15 is 0 Å². The summed E-state index contributed by atoms with van der Waals surface area (Å²) >= 11 is 1.86. The number of fused-ring (bicyclic) bond motifs is 6. The zero-order chi connectivity index (χ0) is 38.4. The molecule has 0 atom stereocenters. The molecule has 1 heterocycles. The number of hydrogen-bond acceptors (Lipinski definition) is 2. The topological polar surface area (TPSA) is 3.24 Å². The zero-order valence-corrected chi connectivity index (χ0v) is 32.5. The third kappa shape index (κ3) is 5.94. The second-order valence-electron chi connectivity index (χ2n) is 14.9. The molecule has 11 rings (SSSR count). The predicted molar refractivity (Wildman–Crippen MR) is 251 cm³/mol. The van der Waals surface area contributed by atoms with Crippen LogP contribution in [0.3, 0.4) is 0 Å². The first-order chi connectivity index (χ1) is 28.8. The molecule has 0 spiro atoms. The maximum absolute atomic E-state index is 2.43. The van der Waals surface area contributed by atoms with Crippen molar-refractivity contribution < 1.29 is 0 Å². The summed E-state index contributed by atoms with van der Waals surface area (Å²) in [6, 6.07) is 82.0. The number of anilines is 3. The van der Waals surface area contributed by atoms with Crippen molar-refractivity contribution in [1.82, 2.24) is 0 Å². The second-order valence-corrected chi connectivity index (χ2v) is 15.9. The van der Waals surface area contributed by atoms with Gasteiger partial charge in [0.2, 0.25) is 0 Å². The van der Waals surface area contributed by atoms with Gasteiger partial charge in [-0.2, -0.15) is 0 Å². The molecule has 0 unspecified atom stereocenters. The molecule has 0 radical (unpaired) electrons. The van der Waals surface area contributed by atoms with Crippen LogP contribution in [-0.2, 0) is 0 Å². The average molecular weight is 756 g/mol. The highest BCUT2D eigenvalue weighted by Gasteiger charge is 2.21. The van der Waals surface area contributed by atoms with Gasteiger partial charge in [0.15, 0.2) is 0 Å². The Labute approximate surface area is 342 Å². The predicted octanol–water partition coefficient (Wildman–Crippen LogP) is 16.5. The molecule has 1 aromatic heterocycles. The number of rotatable bonds is 7. The van der Waals surface area contributed by atoms with Gasteiger partial charge in [0.05, 0.1) is 5.69 Å². The average Bonchev–Trinajstić information content (AvgIpc) is 3.68. The summed E-state index contributed by atoms with van der Waals surface area (Å²) < 4.78 is 2.65. The smallest absolute Gasteiger partial charge is 0.0540 e. The van der Waals surface area contributed by atoms with E-state index in [0.29, 0.717) is 0 Å². The van der Waals surface area contributed by atoms with Crippen molar-refractivity contribution in [2.45, 2.75) is 0 Å². The van der Waals surface area contributed by atoms with Crippen LogP contribution in [0.5, 0.6) is 0 Å². The van der Waals surface area contributed by atoms with Gasteiger partial charge < -0.3 is 4.90 Å². The van der Waals surface area contributed by atoms with Crippen molar-refractivity contribution in [2.75, 3.05) is 4.90 Å². The lowest BCUT2D eigenvalue weighted by Crippen LogP contribution is -2.11. The molecule has 0 aliphatic rings. The van der Waals surface area contributed by atoms with Gasteiger partial charge in [0.25, 0.3) is 0 Å². The largest absolute Gasteiger partial charge is 0.310 e. The van der Waals surface area contributed by atoms with Gasteiger partial charge in [0, 0.05) is 37.1 Å². The zero-order valence-electron chi connectivity index (χ0n) is 31.7. The highest BCUT2D eigenvalue weighted by atomic mass is 32.1. The van der Waals surface area contributed by atoms with Crippen LogP contribution < -0.4 is 4.90 Å². The Morgan fingerprint density at radius 3 is 1.64 bits per heavy atom. The van der Waals surface area contributed by atoms with Crippen LogP contribution in [0, 0.1) is 0 Å². The first-order valence-electron chi connectivity index (χ1n) is 19.8. The lowest BCUT2D eigenvalue weighted by molar-refractivity contribution is 1.29. The highest BCUT2D eigenvalue weighted by Crippen LogP contribution is 2.46. The van der Waals surface area contributed by atoms with Crippen molar-refractivity contribution in [3.8, 4) is 44.5 Å². The molecule has 58 heavy (non-hydrogen) atoms. The summed E-state index contributed by atoms with van der Waals surface area (Å²) in [4.78, 5) is 2.43. The van der Waals surface area contributed by atoms with Gasteiger partial charge >= 0.3 is 0 Å². The third-order valence-electron chi connectivity index (χ3n) is 11.5. The van der Waals surface area contributed by atoms with Gasteiger partial charge in [-0.05, 0) is 109 Å². The van der Waals surface area contributed by atoms with Crippen LogP contribution in [0.1, 0.15) is 0 Å². The van der Waals surface area contributed by atoms with Gasteiger partial charge in [0.1, 0.15) is 0 Å². The van der Waals surface area contributed by atoms with E-state index in [1.807, 2.05) is 11.3 Å². The maximum atomic E-state index is 2.43. The molecule has 0 aliphatic carbocycles. The lowest BCUT2D eigenvalue weighted by atomic mass is 9.88. The first kappa shape index (κ1) is 34.0. The van der Waals surface area contributed by atoms with E-state index in [1.165, 1.54) is 86.2 Å². The lowest BCUT2D eigenvalue weighted by Gasteiger charge is -2.29. The van der Waals surface area contributed by atoms with E-state index in [-0.39, 0.29) is 0 Å². The molecule has 0 saturated carbocycles. The van der Waals surface area contributed by atoms with Gasteiger partial charge in [-0.3, -0.25) is 0 Å². The summed E-state index contributed by atoms with van der Waals surface area (Å²) in [5.41, 5.74) is 12.9. The molecule has 0 N–H and O–H groups in total. The molecule has 1 nitrogen and oxygen atoms in total. The van der Waals surface area contributed by atoms with Crippen LogP contribution in [0.15, 0.2) is 224 Å². The van der Waals surface area contributed by atoms with Crippen LogP contribution >= 0.6 is 11.3 Å². The molecular formula is C56H37NS. The normalized spacial score (nSPS) is 11.4. The number of nitrogens with zero attached hydrogens (tertiary/aromatic N) is 1. The fraction of sp³-hybridized carbons (Fsp3) is 0. The fourth-order valence-corrected chi connectivity index (χ4v) is 9.80. The van der Waals surface area contributed by atoms with E-state index in [9.17, 15) is 0 Å². The Hall–Kier alpha value is -7.26. The molecule has 2 heteroatoms. The summed E-state index contributed by atoms with van der Waals surface area (Å²) in [5, 5.41) is 7.62. The molecule has 272 valence electrons.